The zero-order valence-electron chi connectivity index (χ0n) is 14.3. The Labute approximate surface area is 153 Å². The van der Waals surface area contributed by atoms with Crippen LogP contribution in [0.15, 0.2) is 45.9 Å². The summed E-state index contributed by atoms with van der Waals surface area (Å²) in [6.07, 6.45) is 4.70. The number of benzene rings is 1. The van der Waals surface area contributed by atoms with Gasteiger partial charge in [-0.25, -0.2) is 16.8 Å². The second-order valence-corrected chi connectivity index (χ2v) is 11.1. The molecule has 0 N–H and O–H groups in total. The quantitative estimate of drug-likeness (QED) is 0.774. The molecule has 26 heavy (non-hydrogen) atoms. The number of fused-ring (bicyclic) bond motifs is 1. The standard InChI is InChI=1S/C18H21NO5S2/c20-25(21)10-8-16(13-25)19(12-17-5-2-9-24-17)26(22,23)18-7-6-14-3-1-4-15(14)11-18/h2,5-7,9,11,16H,1,3-4,8,10,12-13H2/t16-/m1/s1. The summed E-state index contributed by atoms with van der Waals surface area (Å²) in [7, 11) is -7.03. The largest absolute Gasteiger partial charge is 0.468 e. The lowest BCUT2D eigenvalue weighted by atomic mass is 10.1. The maximum absolute atomic E-state index is 13.3. The summed E-state index contributed by atoms with van der Waals surface area (Å²) < 4.78 is 57.2. The normalized spacial score (nSPS) is 22.0. The van der Waals surface area contributed by atoms with E-state index in [-0.39, 0.29) is 22.9 Å². The van der Waals surface area contributed by atoms with Gasteiger partial charge in [0.2, 0.25) is 10.0 Å². The average molecular weight is 396 g/mol. The van der Waals surface area contributed by atoms with Crippen molar-refractivity contribution < 1.29 is 21.3 Å². The van der Waals surface area contributed by atoms with E-state index in [4.69, 9.17) is 4.42 Å². The molecular formula is C18H21NO5S2. The molecule has 2 aromatic rings. The molecule has 0 bridgehead atoms. The van der Waals surface area contributed by atoms with E-state index < -0.39 is 25.9 Å². The molecule has 1 aromatic carbocycles. The summed E-state index contributed by atoms with van der Waals surface area (Å²) in [6.45, 7) is 0.0343. The van der Waals surface area contributed by atoms with Crippen molar-refractivity contribution in [2.75, 3.05) is 11.5 Å². The fraction of sp³-hybridized carbons (Fsp3) is 0.444. The highest BCUT2D eigenvalue weighted by molar-refractivity contribution is 7.92. The maximum Gasteiger partial charge on any atom is 0.243 e. The van der Waals surface area contributed by atoms with Crippen LogP contribution in [0.3, 0.4) is 0 Å². The molecule has 1 fully saturated rings. The highest BCUT2D eigenvalue weighted by Gasteiger charge is 2.39. The van der Waals surface area contributed by atoms with Gasteiger partial charge in [-0.1, -0.05) is 6.07 Å². The van der Waals surface area contributed by atoms with Gasteiger partial charge < -0.3 is 4.42 Å². The van der Waals surface area contributed by atoms with E-state index in [9.17, 15) is 16.8 Å². The van der Waals surface area contributed by atoms with Gasteiger partial charge in [0.25, 0.3) is 0 Å². The van der Waals surface area contributed by atoms with Gasteiger partial charge in [0.15, 0.2) is 9.84 Å². The molecule has 0 unspecified atom stereocenters. The summed E-state index contributed by atoms with van der Waals surface area (Å²) in [5.74, 6) is 0.378. The van der Waals surface area contributed by atoms with Crippen LogP contribution in [0.4, 0.5) is 0 Å². The van der Waals surface area contributed by atoms with Crippen molar-refractivity contribution in [3.8, 4) is 0 Å². The van der Waals surface area contributed by atoms with Gasteiger partial charge in [-0.2, -0.15) is 4.31 Å². The van der Waals surface area contributed by atoms with Crippen molar-refractivity contribution in [1.29, 1.82) is 0 Å². The molecule has 1 aliphatic carbocycles. The van der Waals surface area contributed by atoms with E-state index in [0.29, 0.717) is 12.2 Å². The Morgan fingerprint density at radius 1 is 1.15 bits per heavy atom. The van der Waals surface area contributed by atoms with Crippen LogP contribution in [0.5, 0.6) is 0 Å². The second kappa shape index (κ2) is 6.51. The zero-order chi connectivity index (χ0) is 18.4. The van der Waals surface area contributed by atoms with E-state index in [1.54, 1.807) is 24.3 Å². The monoisotopic (exact) mass is 395 g/mol. The van der Waals surface area contributed by atoms with E-state index in [2.05, 4.69) is 0 Å². The van der Waals surface area contributed by atoms with E-state index in [0.717, 1.165) is 24.8 Å². The summed E-state index contributed by atoms with van der Waals surface area (Å²) in [6, 6.07) is 8.10. The molecule has 1 aromatic heterocycles. The van der Waals surface area contributed by atoms with Gasteiger partial charge in [0, 0.05) is 6.04 Å². The van der Waals surface area contributed by atoms with Gasteiger partial charge >= 0.3 is 0 Å². The molecule has 0 spiro atoms. The van der Waals surface area contributed by atoms with Crippen molar-refractivity contribution in [3.05, 3.63) is 53.5 Å². The minimum absolute atomic E-state index is 0.0199. The van der Waals surface area contributed by atoms with Crippen LogP contribution < -0.4 is 0 Å². The van der Waals surface area contributed by atoms with Crippen molar-refractivity contribution in [2.24, 2.45) is 0 Å². The molecule has 1 saturated heterocycles. The van der Waals surface area contributed by atoms with Crippen LogP contribution >= 0.6 is 0 Å². The molecular weight excluding hydrogens is 374 g/mol. The Morgan fingerprint density at radius 2 is 1.96 bits per heavy atom. The molecule has 1 aliphatic heterocycles. The van der Waals surface area contributed by atoms with Crippen LogP contribution in [0.2, 0.25) is 0 Å². The molecule has 6 nitrogen and oxygen atoms in total. The second-order valence-electron chi connectivity index (χ2n) is 6.97. The van der Waals surface area contributed by atoms with Crippen molar-refractivity contribution in [2.45, 2.75) is 43.2 Å². The predicted molar refractivity (Wildman–Crippen MR) is 97.0 cm³/mol. The van der Waals surface area contributed by atoms with Gasteiger partial charge in [0.05, 0.1) is 29.2 Å². The Hall–Kier alpha value is -1.64. The van der Waals surface area contributed by atoms with Gasteiger partial charge in [-0.3, -0.25) is 0 Å². The Morgan fingerprint density at radius 3 is 2.65 bits per heavy atom. The average Bonchev–Trinajstić information content (AvgIpc) is 3.32. The first-order valence-electron chi connectivity index (χ1n) is 8.72. The fourth-order valence-electron chi connectivity index (χ4n) is 3.81. The molecule has 140 valence electrons. The lowest BCUT2D eigenvalue weighted by Gasteiger charge is -2.26. The summed E-state index contributed by atoms with van der Waals surface area (Å²) in [5, 5.41) is 0. The van der Waals surface area contributed by atoms with E-state index >= 15 is 0 Å². The number of sulfonamides is 1. The van der Waals surface area contributed by atoms with E-state index in [1.165, 1.54) is 16.1 Å². The van der Waals surface area contributed by atoms with Crippen LogP contribution in [-0.4, -0.2) is 38.7 Å². The SMILES string of the molecule is O=S1(=O)CC[C@@H](N(Cc2ccco2)S(=O)(=O)c2ccc3c(c2)CCC3)C1. The first-order chi connectivity index (χ1) is 12.4. The van der Waals surface area contributed by atoms with Gasteiger partial charge in [-0.05, 0) is 61.1 Å². The molecule has 2 aliphatic rings. The number of rotatable bonds is 5. The number of furan rings is 1. The van der Waals surface area contributed by atoms with Crippen LogP contribution in [0.25, 0.3) is 0 Å². The fourth-order valence-corrected chi connectivity index (χ4v) is 7.31. The number of nitrogens with zero attached hydrogens (tertiary/aromatic N) is 1. The minimum atomic E-state index is -3.82. The predicted octanol–water partition coefficient (Wildman–Crippen LogP) is 2.15. The summed E-state index contributed by atoms with van der Waals surface area (Å²) in [4.78, 5) is 0.231. The highest BCUT2D eigenvalue weighted by atomic mass is 32.2. The van der Waals surface area contributed by atoms with Gasteiger partial charge in [-0.15, -0.1) is 0 Å². The number of hydrogen-bond acceptors (Lipinski definition) is 5. The third-order valence-corrected chi connectivity index (χ3v) is 8.83. The molecule has 1 atom stereocenters. The molecule has 0 radical (unpaired) electrons. The molecule has 0 saturated carbocycles. The third kappa shape index (κ3) is 3.33. The van der Waals surface area contributed by atoms with Crippen LogP contribution in [-0.2, 0) is 39.2 Å². The lowest BCUT2D eigenvalue weighted by molar-refractivity contribution is 0.307. The van der Waals surface area contributed by atoms with Crippen LogP contribution in [0, 0.1) is 0 Å². The van der Waals surface area contributed by atoms with E-state index in [1.807, 2.05) is 6.07 Å². The molecule has 2 heterocycles. The highest BCUT2D eigenvalue weighted by Crippen LogP contribution is 2.30. The topological polar surface area (TPSA) is 84.7 Å². The maximum atomic E-state index is 13.3. The Balaban J connectivity index is 1.72. The smallest absolute Gasteiger partial charge is 0.243 e. The Bertz CT molecular complexity index is 1010. The first kappa shape index (κ1) is 17.8. The van der Waals surface area contributed by atoms with Crippen molar-refractivity contribution in [1.82, 2.24) is 4.31 Å². The summed E-state index contributed by atoms with van der Waals surface area (Å²) >= 11 is 0. The van der Waals surface area contributed by atoms with Crippen molar-refractivity contribution >= 4 is 19.9 Å². The number of aryl methyl sites for hydroxylation is 2. The van der Waals surface area contributed by atoms with Crippen molar-refractivity contribution in [3.63, 3.8) is 0 Å². The molecule has 8 heteroatoms. The lowest BCUT2D eigenvalue weighted by Crippen LogP contribution is -2.40. The minimum Gasteiger partial charge on any atom is -0.468 e. The first-order valence-corrected chi connectivity index (χ1v) is 12.0. The molecule has 0 amide bonds. The Kier molecular flexibility index (Phi) is 4.45. The zero-order valence-corrected chi connectivity index (χ0v) is 15.9. The molecule has 4 rings (SSSR count). The number of sulfone groups is 1. The van der Waals surface area contributed by atoms with Gasteiger partial charge in [0.1, 0.15) is 5.76 Å². The summed E-state index contributed by atoms with van der Waals surface area (Å²) in [5.41, 5.74) is 2.27. The van der Waals surface area contributed by atoms with Crippen LogP contribution in [0.1, 0.15) is 29.7 Å². The third-order valence-electron chi connectivity index (χ3n) is 5.18. The number of hydrogen-bond donors (Lipinski definition) is 0.